The second-order valence-corrected chi connectivity index (χ2v) is 10.1. The van der Waals surface area contributed by atoms with E-state index in [1.807, 2.05) is 27.7 Å². The second kappa shape index (κ2) is 7.51. The number of aliphatic hydroxyl groups is 1. The minimum atomic E-state index is -0.875. The Hall–Kier alpha value is -2.54. The summed E-state index contributed by atoms with van der Waals surface area (Å²) in [4.78, 5) is 24.0. The number of ether oxygens (including phenoxy) is 3. The molecule has 1 aromatic rings. The third-order valence-electron chi connectivity index (χ3n) is 8.02. The molecule has 0 saturated heterocycles. The van der Waals surface area contributed by atoms with Crippen molar-refractivity contribution in [1.29, 1.82) is 0 Å². The summed E-state index contributed by atoms with van der Waals surface area (Å²) in [6, 6.07) is 0. The van der Waals surface area contributed by atoms with E-state index in [0.29, 0.717) is 36.3 Å². The summed E-state index contributed by atoms with van der Waals surface area (Å²) in [7, 11) is 1.54. The van der Waals surface area contributed by atoms with Gasteiger partial charge in [0.05, 0.1) is 13.2 Å². The summed E-state index contributed by atoms with van der Waals surface area (Å²) < 4.78 is 17.7. The zero-order chi connectivity index (χ0) is 23.6. The van der Waals surface area contributed by atoms with E-state index in [9.17, 15) is 19.8 Å². The molecule has 0 radical (unpaired) electrons. The summed E-state index contributed by atoms with van der Waals surface area (Å²) in [6.45, 7) is 12.2. The maximum absolute atomic E-state index is 12.5. The zero-order valence-electron chi connectivity index (χ0n) is 19.4. The van der Waals surface area contributed by atoms with Gasteiger partial charge in [0.25, 0.3) is 0 Å². The Morgan fingerprint density at radius 1 is 1.31 bits per heavy atom. The van der Waals surface area contributed by atoms with Gasteiger partial charge in [0.2, 0.25) is 0 Å². The van der Waals surface area contributed by atoms with E-state index >= 15 is 0 Å². The molecule has 0 bridgehead atoms. The first-order chi connectivity index (χ1) is 14.9. The first-order valence-electron chi connectivity index (χ1n) is 11.1. The molecule has 1 saturated carbocycles. The smallest absolute Gasteiger partial charge is 0.342 e. The number of esters is 1. The van der Waals surface area contributed by atoms with E-state index in [1.54, 1.807) is 0 Å². The molecule has 2 aliphatic heterocycles. The topological polar surface area (TPSA) is 102 Å². The van der Waals surface area contributed by atoms with Gasteiger partial charge in [-0.25, -0.2) is 4.79 Å². The maximum Gasteiger partial charge on any atom is 0.342 e. The van der Waals surface area contributed by atoms with Gasteiger partial charge in [-0.3, -0.25) is 4.79 Å². The third kappa shape index (κ3) is 3.12. The molecule has 2 heterocycles. The fourth-order valence-corrected chi connectivity index (χ4v) is 6.72. The molecule has 0 unspecified atom stereocenters. The standard InChI is InChI=1S/C25H32O7/c1-12(2)20-16(26)10-25(5)17(24(20,4)8-7-18(27)28)9-14-21(32-25)13(3)15-11-31-23(29)19(15)22(14)30-6/h16-17,20,26H,1,7-11H2,2-6H3,(H,27,28)/t16-,17-,20-,24-,25+/m1/s1. The molecule has 1 fully saturated rings. The monoisotopic (exact) mass is 444 g/mol. The molecule has 7 heteroatoms. The van der Waals surface area contributed by atoms with E-state index < -0.39 is 29.1 Å². The van der Waals surface area contributed by atoms with Crippen molar-refractivity contribution in [2.75, 3.05) is 7.11 Å². The number of benzene rings is 1. The Labute approximate surface area is 188 Å². The summed E-state index contributed by atoms with van der Waals surface area (Å²) in [5, 5.41) is 20.6. The molecule has 7 nitrogen and oxygen atoms in total. The Kier molecular flexibility index (Phi) is 5.31. The summed E-state index contributed by atoms with van der Waals surface area (Å²) in [5.41, 5.74) is 2.44. The normalized spacial score (nSPS) is 32.8. The highest BCUT2D eigenvalue weighted by atomic mass is 16.5. The van der Waals surface area contributed by atoms with E-state index in [-0.39, 0.29) is 24.9 Å². The van der Waals surface area contributed by atoms with Gasteiger partial charge in [0, 0.05) is 35.8 Å². The minimum absolute atomic E-state index is 0.0148. The first kappa shape index (κ1) is 22.6. The van der Waals surface area contributed by atoms with Gasteiger partial charge in [-0.15, -0.1) is 0 Å². The quantitative estimate of drug-likeness (QED) is 0.526. The molecular formula is C25H32O7. The molecule has 4 rings (SSSR count). The number of carbonyl (C=O) groups is 2. The lowest BCUT2D eigenvalue weighted by Gasteiger charge is -2.59. The Morgan fingerprint density at radius 3 is 2.59 bits per heavy atom. The van der Waals surface area contributed by atoms with Crippen LogP contribution in [-0.4, -0.2) is 41.0 Å². The molecule has 1 aliphatic carbocycles. The number of carbonyl (C=O) groups excluding carboxylic acids is 1. The molecule has 174 valence electrons. The highest BCUT2D eigenvalue weighted by Crippen LogP contribution is 2.61. The lowest BCUT2D eigenvalue weighted by molar-refractivity contribution is -0.163. The largest absolute Gasteiger partial charge is 0.495 e. The van der Waals surface area contributed by atoms with Crippen LogP contribution < -0.4 is 9.47 Å². The highest BCUT2D eigenvalue weighted by molar-refractivity contribution is 5.98. The lowest BCUT2D eigenvalue weighted by atomic mass is 9.50. The van der Waals surface area contributed by atoms with Crippen LogP contribution in [0.4, 0.5) is 0 Å². The van der Waals surface area contributed by atoms with Crippen molar-refractivity contribution in [2.45, 2.75) is 71.7 Å². The number of rotatable bonds is 5. The van der Waals surface area contributed by atoms with Crippen molar-refractivity contribution in [3.05, 3.63) is 34.4 Å². The van der Waals surface area contributed by atoms with Gasteiger partial charge in [-0.1, -0.05) is 19.1 Å². The van der Waals surface area contributed by atoms with Crippen molar-refractivity contribution in [2.24, 2.45) is 17.3 Å². The van der Waals surface area contributed by atoms with Gasteiger partial charge in [-0.2, -0.15) is 0 Å². The lowest BCUT2D eigenvalue weighted by Crippen LogP contribution is -2.62. The van der Waals surface area contributed by atoms with Crippen molar-refractivity contribution < 1.29 is 34.0 Å². The molecule has 0 amide bonds. The van der Waals surface area contributed by atoms with Crippen molar-refractivity contribution in [3.8, 4) is 11.5 Å². The van der Waals surface area contributed by atoms with Crippen LogP contribution >= 0.6 is 0 Å². The summed E-state index contributed by atoms with van der Waals surface area (Å²) in [5.74, 6) is -0.501. The van der Waals surface area contributed by atoms with Crippen molar-refractivity contribution >= 4 is 11.9 Å². The van der Waals surface area contributed by atoms with Crippen LogP contribution in [0.1, 0.15) is 67.1 Å². The van der Waals surface area contributed by atoms with Crippen molar-refractivity contribution in [3.63, 3.8) is 0 Å². The molecule has 2 N–H and O–H groups in total. The number of carboxylic acid groups (broad SMARTS) is 1. The second-order valence-electron chi connectivity index (χ2n) is 10.1. The number of cyclic esters (lactones) is 1. The first-order valence-corrected chi connectivity index (χ1v) is 11.1. The van der Waals surface area contributed by atoms with E-state index in [1.165, 1.54) is 7.11 Å². The Morgan fingerprint density at radius 2 is 2.00 bits per heavy atom. The predicted molar refractivity (Wildman–Crippen MR) is 117 cm³/mol. The number of aliphatic carboxylic acids is 1. The molecule has 3 aliphatic rings. The fraction of sp³-hybridized carbons (Fsp3) is 0.600. The number of methoxy groups -OCH3 is 1. The van der Waals surface area contributed by atoms with E-state index in [4.69, 9.17) is 14.2 Å². The van der Waals surface area contributed by atoms with Gasteiger partial charge in [-0.05, 0) is 44.6 Å². The number of hydrogen-bond acceptors (Lipinski definition) is 6. The third-order valence-corrected chi connectivity index (χ3v) is 8.02. The number of carboxylic acids is 1. The van der Waals surface area contributed by atoms with Crippen LogP contribution in [0.15, 0.2) is 12.2 Å². The van der Waals surface area contributed by atoms with Gasteiger partial charge < -0.3 is 24.4 Å². The van der Waals surface area contributed by atoms with Gasteiger partial charge >= 0.3 is 11.9 Å². The fourth-order valence-electron chi connectivity index (χ4n) is 6.72. The molecule has 0 aromatic heterocycles. The predicted octanol–water partition coefficient (Wildman–Crippen LogP) is 3.81. The van der Waals surface area contributed by atoms with Crippen LogP contribution in [0.2, 0.25) is 0 Å². The molecule has 0 spiro atoms. The average Bonchev–Trinajstić information content (AvgIpc) is 3.07. The molecule has 5 atom stereocenters. The molecule has 1 aromatic carbocycles. The van der Waals surface area contributed by atoms with Crippen LogP contribution in [0, 0.1) is 24.2 Å². The summed E-state index contributed by atoms with van der Waals surface area (Å²) in [6.07, 6.45) is 0.619. The number of aliphatic hydroxyl groups excluding tert-OH is 1. The van der Waals surface area contributed by atoms with Crippen LogP contribution in [0.3, 0.4) is 0 Å². The van der Waals surface area contributed by atoms with Crippen LogP contribution in [-0.2, 0) is 22.6 Å². The Bertz CT molecular complexity index is 1010. The number of hydrogen-bond donors (Lipinski definition) is 2. The van der Waals surface area contributed by atoms with Crippen LogP contribution in [0.5, 0.6) is 11.5 Å². The minimum Gasteiger partial charge on any atom is -0.495 e. The van der Waals surface area contributed by atoms with E-state index in [0.717, 1.165) is 22.3 Å². The average molecular weight is 445 g/mol. The maximum atomic E-state index is 12.5. The SMILES string of the molecule is C=C(C)[C@@H]1[C@H](O)C[C@]2(C)Oc3c(C)c4c(c(OC)c3C[C@@H]2[C@@]1(C)CCC(=O)O)C(=O)OC4. The van der Waals surface area contributed by atoms with Crippen molar-refractivity contribution in [1.82, 2.24) is 0 Å². The zero-order valence-corrected chi connectivity index (χ0v) is 19.4. The Balaban J connectivity index is 1.90. The van der Waals surface area contributed by atoms with Gasteiger partial charge in [0.1, 0.15) is 29.3 Å². The van der Waals surface area contributed by atoms with Gasteiger partial charge in [0.15, 0.2) is 0 Å². The highest BCUT2D eigenvalue weighted by Gasteiger charge is 2.60. The molecule has 32 heavy (non-hydrogen) atoms. The summed E-state index contributed by atoms with van der Waals surface area (Å²) >= 11 is 0. The van der Waals surface area contributed by atoms with E-state index in [2.05, 4.69) is 6.58 Å². The molecular weight excluding hydrogens is 412 g/mol. The number of fused-ring (bicyclic) bond motifs is 3. The van der Waals surface area contributed by atoms with Crippen LogP contribution in [0.25, 0.3) is 0 Å².